The number of rotatable bonds is 1. The van der Waals surface area contributed by atoms with Gasteiger partial charge >= 0.3 is 5.97 Å². The summed E-state index contributed by atoms with van der Waals surface area (Å²) in [6.45, 7) is 0.787. The standard InChI is InChI=1S/C7H11NO2S/c1-10-6(9)7-2-5(3-11-7)8-4-7/h5,8H,2-4H2,1H3/t5?,7-/m0/s1. The summed E-state index contributed by atoms with van der Waals surface area (Å²) in [5.74, 6) is 0.991. The molecule has 0 spiro atoms. The molecule has 1 unspecified atom stereocenters. The molecule has 0 saturated carbocycles. The summed E-state index contributed by atoms with van der Waals surface area (Å²) in [4.78, 5) is 11.3. The van der Waals surface area contributed by atoms with Crippen LogP contribution in [0.4, 0.5) is 0 Å². The highest BCUT2D eigenvalue weighted by Crippen LogP contribution is 2.43. The van der Waals surface area contributed by atoms with Crippen LogP contribution in [-0.4, -0.2) is 36.2 Å². The molecule has 1 N–H and O–H groups in total. The topological polar surface area (TPSA) is 38.3 Å². The number of fused-ring (bicyclic) bond motifs is 2. The molecule has 2 atom stereocenters. The monoisotopic (exact) mass is 173 g/mol. The summed E-state index contributed by atoms with van der Waals surface area (Å²) in [5, 5.41) is 3.29. The normalized spacial score (nSPS) is 41.0. The van der Waals surface area contributed by atoms with Gasteiger partial charge in [-0.1, -0.05) is 0 Å². The Hall–Kier alpha value is -0.220. The fourth-order valence-electron chi connectivity index (χ4n) is 1.74. The Balaban J connectivity index is 2.16. The van der Waals surface area contributed by atoms with Crippen LogP contribution in [0.1, 0.15) is 6.42 Å². The summed E-state index contributed by atoms with van der Waals surface area (Å²) in [5.41, 5.74) is 0. The lowest BCUT2D eigenvalue weighted by Gasteiger charge is -2.21. The number of carbonyl (C=O) groups is 1. The first-order valence-electron chi connectivity index (χ1n) is 3.73. The number of esters is 1. The van der Waals surface area contributed by atoms with Crippen molar-refractivity contribution in [1.82, 2.24) is 5.32 Å². The molecule has 2 heterocycles. The fourth-order valence-corrected chi connectivity index (χ4v) is 3.20. The van der Waals surface area contributed by atoms with E-state index in [9.17, 15) is 4.79 Å². The lowest BCUT2D eigenvalue weighted by molar-refractivity contribution is -0.142. The van der Waals surface area contributed by atoms with E-state index in [1.165, 1.54) is 7.11 Å². The molecule has 0 aromatic heterocycles. The zero-order valence-electron chi connectivity index (χ0n) is 6.42. The molecule has 0 aromatic rings. The number of ether oxygens (including phenoxy) is 1. The zero-order chi connectivity index (χ0) is 7.90. The smallest absolute Gasteiger partial charge is 0.323 e. The first-order valence-corrected chi connectivity index (χ1v) is 4.71. The average molecular weight is 173 g/mol. The van der Waals surface area contributed by atoms with E-state index in [-0.39, 0.29) is 10.7 Å². The molecule has 11 heavy (non-hydrogen) atoms. The van der Waals surface area contributed by atoms with Gasteiger partial charge in [0.15, 0.2) is 0 Å². The second-order valence-corrected chi connectivity index (χ2v) is 4.48. The van der Waals surface area contributed by atoms with Crippen LogP contribution < -0.4 is 5.32 Å². The molecule has 2 bridgehead atoms. The summed E-state index contributed by atoms with van der Waals surface area (Å²) in [7, 11) is 1.46. The van der Waals surface area contributed by atoms with E-state index in [1.807, 2.05) is 0 Å². The van der Waals surface area contributed by atoms with E-state index in [0.717, 1.165) is 18.7 Å². The number of hydrogen-bond donors (Lipinski definition) is 1. The number of thioether (sulfide) groups is 1. The van der Waals surface area contributed by atoms with Crippen molar-refractivity contribution in [3.8, 4) is 0 Å². The van der Waals surface area contributed by atoms with Gasteiger partial charge in [0.05, 0.1) is 7.11 Å². The van der Waals surface area contributed by atoms with Gasteiger partial charge in [-0.3, -0.25) is 4.79 Å². The van der Waals surface area contributed by atoms with E-state index < -0.39 is 0 Å². The summed E-state index contributed by atoms with van der Waals surface area (Å²) >= 11 is 1.74. The molecule has 2 aliphatic heterocycles. The third-order valence-corrected chi connectivity index (χ3v) is 3.97. The average Bonchev–Trinajstić information content (AvgIpc) is 2.62. The second kappa shape index (κ2) is 2.38. The highest BCUT2D eigenvalue weighted by Gasteiger charge is 2.51. The molecule has 0 aromatic carbocycles. The van der Waals surface area contributed by atoms with Crippen LogP contribution in [0.5, 0.6) is 0 Å². The van der Waals surface area contributed by atoms with Crippen LogP contribution in [0.15, 0.2) is 0 Å². The molecule has 62 valence electrons. The lowest BCUT2D eigenvalue weighted by Crippen LogP contribution is -2.40. The Bertz CT molecular complexity index is 187. The molecule has 4 heteroatoms. The zero-order valence-corrected chi connectivity index (χ0v) is 7.24. The van der Waals surface area contributed by atoms with Gasteiger partial charge in [0.2, 0.25) is 0 Å². The van der Waals surface area contributed by atoms with Crippen molar-refractivity contribution in [2.45, 2.75) is 17.2 Å². The number of hydrogen-bond acceptors (Lipinski definition) is 4. The van der Waals surface area contributed by atoms with Gasteiger partial charge in [0.25, 0.3) is 0 Å². The van der Waals surface area contributed by atoms with Crippen molar-refractivity contribution in [2.24, 2.45) is 0 Å². The van der Waals surface area contributed by atoms with Crippen LogP contribution >= 0.6 is 11.8 Å². The molecule has 2 saturated heterocycles. The van der Waals surface area contributed by atoms with Crippen molar-refractivity contribution >= 4 is 17.7 Å². The van der Waals surface area contributed by atoms with Crippen molar-refractivity contribution < 1.29 is 9.53 Å². The van der Waals surface area contributed by atoms with Crippen molar-refractivity contribution in [2.75, 3.05) is 19.4 Å². The maximum atomic E-state index is 11.3. The predicted octanol–water partition coefficient (Wildman–Crippen LogP) is 0.00690. The molecular formula is C7H11NO2S. The van der Waals surface area contributed by atoms with Crippen LogP contribution in [0.25, 0.3) is 0 Å². The van der Waals surface area contributed by atoms with E-state index in [2.05, 4.69) is 5.32 Å². The largest absolute Gasteiger partial charge is 0.468 e. The van der Waals surface area contributed by atoms with Crippen molar-refractivity contribution in [1.29, 1.82) is 0 Å². The van der Waals surface area contributed by atoms with Gasteiger partial charge in [-0.05, 0) is 6.42 Å². The van der Waals surface area contributed by atoms with Crippen molar-refractivity contribution in [3.63, 3.8) is 0 Å². The van der Waals surface area contributed by atoms with Gasteiger partial charge in [-0.15, -0.1) is 11.8 Å². The molecule has 2 aliphatic rings. The molecular weight excluding hydrogens is 162 g/mol. The van der Waals surface area contributed by atoms with Crippen LogP contribution in [0.3, 0.4) is 0 Å². The van der Waals surface area contributed by atoms with E-state index in [4.69, 9.17) is 4.74 Å². The number of nitrogens with one attached hydrogen (secondary N) is 1. The molecule has 0 radical (unpaired) electrons. The maximum Gasteiger partial charge on any atom is 0.323 e. The molecule has 3 nitrogen and oxygen atoms in total. The third kappa shape index (κ3) is 0.964. The van der Waals surface area contributed by atoms with Gasteiger partial charge < -0.3 is 10.1 Å². The molecule has 0 aliphatic carbocycles. The first kappa shape index (κ1) is 7.43. The second-order valence-electron chi connectivity index (χ2n) is 3.08. The Morgan fingerprint density at radius 1 is 1.82 bits per heavy atom. The van der Waals surface area contributed by atoms with Crippen LogP contribution in [-0.2, 0) is 9.53 Å². The molecule has 2 rings (SSSR count). The molecule has 0 amide bonds. The Morgan fingerprint density at radius 2 is 2.64 bits per heavy atom. The van der Waals surface area contributed by atoms with E-state index >= 15 is 0 Å². The maximum absolute atomic E-state index is 11.3. The Kier molecular flexibility index (Phi) is 1.61. The fraction of sp³-hybridized carbons (Fsp3) is 0.857. The third-order valence-electron chi connectivity index (χ3n) is 2.37. The Labute approximate surface area is 69.9 Å². The van der Waals surface area contributed by atoms with E-state index in [1.54, 1.807) is 11.8 Å². The Morgan fingerprint density at radius 3 is 3.00 bits per heavy atom. The minimum Gasteiger partial charge on any atom is -0.468 e. The van der Waals surface area contributed by atoms with Crippen LogP contribution in [0, 0.1) is 0 Å². The minimum atomic E-state index is -0.237. The van der Waals surface area contributed by atoms with E-state index in [0.29, 0.717) is 6.04 Å². The highest BCUT2D eigenvalue weighted by molar-refractivity contribution is 8.01. The summed E-state index contributed by atoms with van der Waals surface area (Å²) in [6.07, 6.45) is 0.949. The quantitative estimate of drug-likeness (QED) is 0.567. The SMILES string of the molecule is COC(=O)[C@]12CNC(CS1)C2. The summed E-state index contributed by atoms with van der Waals surface area (Å²) in [6, 6.07) is 0.541. The van der Waals surface area contributed by atoms with Gasteiger partial charge in [-0.2, -0.15) is 0 Å². The highest BCUT2D eigenvalue weighted by atomic mass is 32.2. The lowest BCUT2D eigenvalue weighted by atomic mass is 10.1. The predicted molar refractivity (Wildman–Crippen MR) is 43.6 cm³/mol. The van der Waals surface area contributed by atoms with Gasteiger partial charge in [0, 0.05) is 18.3 Å². The molecule has 2 fully saturated rings. The first-order chi connectivity index (χ1) is 5.27. The van der Waals surface area contributed by atoms with Gasteiger partial charge in [-0.25, -0.2) is 0 Å². The van der Waals surface area contributed by atoms with Crippen LogP contribution in [0.2, 0.25) is 0 Å². The minimum absolute atomic E-state index is 0.0602. The van der Waals surface area contributed by atoms with Gasteiger partial charge in [0.1, 0.15) is 4.75 Å². The number of carbonyl (C=O) groups excluding carboxylic acids is 1. The summed E-state index contributed by atoms with van der Waals surface area (Å²) < 4.78 is 4.52. The van der Waals surface area contributed by atoms with Crippen molar-refractivity contribution in [3.05, 3.63) is 0 Å². The number of methoxy groups -OCH3 is 1.